The van der Waals surface area contributed by atoms with Crippen LogP contribution in [-0.2, 0) is 21.7 Å². The molecule has 0 N–H and O–H groups in total. The molecule has 0 atom stereocenters. The predicted molar refractivity (Wildman–Crippen MR) is 266 cm³/mol. The van der Waals surface area contributed by atoms with Crippen molar-refractivity contribution in [3.8, 4) is 41.3 Å². The molecule has 0 bridgehead atoms. The van der Waals surface area contributed by atoms with E-state index in [1.807, 2.05) is 6.07 Å². The Balaban J connectivity index is 1.31. The number of methoxy groups -OCH3 is 1. The summed E-state index contributed by atoms with van der Waals surface area (Å²) in [5.41, 5.74) is 10.3. The quantitative estimate of drug-likeness (QED) is 0.0912. The highest BCUT2D eigenvalue weighted by Crippen LogP contribution is 2.41. The first-order valence-electron chi connectivity index (χ1n) is 21.9. The molecule has 8 aromatic carbocycles. The van der Waals surface area contributed by atoms with E-state index in [9.17, 15) is 0 Å². The molecule has 8 aromatic rings. The molecular formula is C61H58O. The number of rotatable bonds is 1. The molecule has 0 amide bonds. The predicted octanol–water partition coefficient (Wildman–Crippen LogP) is 15.1. The van der Waals surface area contributed by atoms with E-state index in [-0.39, 0.29) is 21.7 Å². The Hall–Kier alpha value is -6.46. The molecule has 1 heteroatoms. The van der Waals surface area contributed by atoms with Crippen LogP contribution >= 0.6 is 0 Å². The molecule has 0 radical (unpaired) electrons. The van der Waals surface area contributed by atoms with Crippen molar-refractivity contribution >= 4 is 43.1 Å². The van der Waals surface area contributed by atoms with E-state index in [0.717, 1.165) is 38.8 Å². The van der Waals surface area contributed by atoms with Crippen LogP contribution in [0.3, 0.4) is 0 Å². The Morgan fingerprint density at radius 2 is 0.726 bits per heavy atom. The Morgan fingerprint density at radius 3 is 1.19 bits per heavy atom. The van der Waals surface area contributed by atoms with Gasteiger partial charge in [-0.1, -0.05) is 191 Å². The molecule has 0 aromatic heterocycles. The van der Waals surface area contributed by atoms with Crippen molar-refractivity contribution in [1.82, 2.24) is 0 Å². The summed E-state index contributed by atoms with van der Waals surface area (Å²) in [5, 5.41) is 9.98. The fourth-order valence-corrected chi connectivity index (χ4v) is 8.35. The van der Waals surface area contributed by atoms with Crippen LogP contribution in [0.5, 0.6) is 5.75 Å². The lowest BCUT2D eigenvalue weighted by molar-refractivity contribution is 0.413. The molecule has 62 heavy (non-hydrogen) atoms. The summed E-state index contributed by atoms with van der Waals surface area (Å²) in [7, 11) is 1.71. The smallest absolute Gasteiger partial charge is 0.135 e. The van der Waals surface area contributed by atoms with Crippen molar-refractivity contribution in [2.24, 2.45) is 0 Å². The van der Waals surface area contributed by atoms with E-state index in [0.29, 0.717) is 5.75 Å². The lowest BCUT2D eigenvalue weighted by atomic mass is 9.79. The van der Waals surface area contributed by atoms with Gasteiger partial charge in [0.05, 0.1) is 12.7 Å². The average molecular weight is 807 g/mol. The van der Waals surface area contributed by atoms with Gasteiger partial charge < -0.3 is 4.74 Å². The van der Waals surface area contributed by atoms with Crippen LogP contribution < -0.4 is 4.74 Å². The maximum atomic E-state index is 6.08. The summed E-state index contributed by atoms with van der Waals surface area (Å²) >= 11 is 0. The molecule has 0 unspecified atom stereocenters. The number of ether oxygens (including phenoxy) is 1. The molecule has 1 nitrogen and oxygen atoms in total. The summed E-state index contributed by atoms with van der Waals surface area (Å²) in [6.07, 6.45) is 0. The molecule has 0 fully saturated rings. The van der Waals surface area contributed by atoms with Gasteiger partial charge in [-0.25, -0.2) is 0 Å². The lowest BCUT2D eigenvalue weighted by Gasteiger charge is -2.25. The van der Waals surface area contributed by atoms with Crippen molar-refractivity contribution in [1.29, 1.82) is 0 Å². The summed E-state index contributed by atoms with van der Waals surface area (Å²) in [5.74, 6) is 22.1. The second-order valence-electron chi connectivity index (χ2n) is 21.0. The van der Waals surface area contributed by atoms with Gasteiger partial charge in [0, 0.05) is 27.8 Å². The van der Waals surface area contributed by atoms with E-state index < -0.39 is 0 Å². The van der Waals surface area contributed by atoms with E-state index >= 15 is 0 Å². The lowest BCUT2D eigenvalue weighted by Crippen LogP contribution is -2.16. The topological polar surface area (TPSA) is 9.23 Å². The van der Waals surface area contributed by atoms with Crippen molar-refractivity contribution in [3.63, 3.8) is 0 Å². The minimum absolute atomic E-state index is 0.0198. The maximum Gasteiger partial charge on any atom is 0.135 e. The van der Waals surface area contributed by atoms with Gasteiger partial charge >= 0.3 is 0 Å². The monoisotopic (exact) mass is 806 g/mol. The highest BCUT2D eigenvalue weighted by Gasteiger charge is 2.22. The van der Waals surface area contributed by atoms with Crippen LogP contribution in [0.15, 0.2) is 115 Å². The molecule has 0 heterocycles. The van der Waals surface area contributed by atoms with Crippen LogP contribution in [0.2, 0.25) is 0 Å². The van der Waals surface area contributed by atoms with E-state index in [2.05, 4.69) is 228 Å². The number of fused-ring (bicyclic) bond motifs is 2. The minimum atomic E-state index is -0.0246. The Bertz CT molecular complexity index is 3140. The molecule has 0 saturated heterocycles. The Morgan fingerprint density at radius 1 is 0.339 bits per heavy atom. The minimum Gasteiger partial charge on any atom is -0.495 e. The molecule has 0 aliphatic carbocycles. The van der Waals surface area contributed by atoms with Crippen LogP contribution in [0.1, 0.15) is 139 Å². The van der Waals surface area contributed by atoms with E-state index in [4.69, 9.17) is 4.74 Å². The number of hydrogen-bond acceptors (Lipinski definition) is 1. The van der Waals surface area contributed by atoms with Gasteiger partial charge in [0.25, 0.3) is 0 Å². The third-order valence-corrected chi connectivity index (χ3v) is 12.2. The first kappa shape index (κ1) is 42.2. The molecule has 308 valence electrons. The molecule has 0 spiro atoms. The maximum absolute atomic E-state index is 6.08. The van der Waals surface area contributed by atoms with Crippen molar-refractivity contribution < 1.29 is 4.74 Å². The van der Waals surface area contributed by atoms with Crippen LogP contribution in [0, 0.1) is 35.5 Å². The van der Waals surface area contributed by atoms with Crippen LogP contribution in [-0.4, -0.2) is 7.11 Å². The van der Waals surface area contributed by atoms with Gasteiger partial charge in [-0.2, -0.15) is 0 Å². The molecule has 8 rings (SSSR count). The zero-order chi connectivity index (χ0) is 44.4. The van der Waals surface area contributed by atoms with Gasteiger partial charge in [-0.15, -0.1) is 0 Å². The molecule has 0 saturated carbocycles. The van der Waals surface area contributed by atoms with Crippen molar-refractivity contribution in [3.05, 3.63) is 171 Å². The largest absolute Gasteiger partial charge is 0.495 e. The standard InChI is InChI=1S/C61H58O/c1-58(2,3)46-31-39(32-47(37-46)59(4,5)6)23-25-43-35-45(55(62-13)36-44(43)26-24-40-33-48(60(7,8)9)38-49(34-40)61(10,11)12)28-27-41-29-30-54-52-21-15-18-42-17-14-20-51(56(42)52)53-22-16-19-50(41)57(53)54/h14-22,29-38H,1-13H3. The highest BCUT2D eigenvalue weighted by molar-refractivity contribution is 6.33. The summed E-state index contributed by atoms with van der Waals surface area (Å²) in [6, 6.07) is 41.9. The highest BCUT2D eigenvalue weighted by atomic mass is 16.5. The van der Waals surface area contributed by atoms with Gasteiger partial charge in [-0.3, -0.25) is 0 Å². The zero-order valence-electron chi connectivity index (χ0n) is 38.9. The molecule has 0 aliphatic rings. The number of hydrogen-bond donors (Lipinski definition) is 0. The van der Waals surface area contributed by atoms with E-state index in [1.165, 1.54) is 60.0 Å². The SMILES string of the molecule is COc1cc(C#Cc2cc(C(C)(C)C)cc(C(C)(C)C)c2)c(C#Cc2cc(C(C)(C)C)cc(C(C)(C)C)c2)cc1C#Cc1ccc2c3cccc4cccc(c5cccc1c52)c43. The number of benzene rings is 8. The van der Waals surface area contributed by atoms with Gasteiger partial charge in [0.2, 0.25) is 0 Å². The zero-order valence-corrected chi connectivity index (χ0v) is 38.9. The van der Waals surface area contributed by atoms with Gasteiger partial charge in [0.1, 0.15) is 5.75 Å². The van der Waals surface area contributed by atoms with Gasteiger partial charge in [0.15, 0.2) is 0 Å². The summed E-state index contributed by atoms with van der Waals surface area (Å²) < 4.78 is 6.08. The normalized spacial score (nSPS) is 12.2. The Kier molecular flexibility index (Phi) is 10.5. The first-order chi connectivity index (χ1) is 29.2. The fourth-order valence-electron chi connectivity index (χ4n) is 8.35. The first-order valence-corrected chi connectivity index (χ1v) is 21.9. The molecular weight excluding hydrogens is 749 g/mol. The van der Waals surface area contributed by atoms with Gasteiger partial charge in [-0.05, 0) is 129 Å². The third-order valence-electron chi connectivity index (χ3n) is 12.2. The average Bonchev–Trinajstić information content (AvgIpc) is 3.22. The van der Waals surface area contributed by atoms with Crippen LogP contribution in [0.4, 0.5) is 0 Å². The second-order valence-corrected chi connectivity index (χ2v) is 21.0. The van der Waals surface area contributed by atoms with Crippen molar-refractivity contribution in [2.45, 2.75) is 105 Å². The Labute approximate surface area is 370 Å². The summed E-state index contributed by atoms with van der Waals surface area (Å²) in [4.78, 5) is 0. The molecule has 0 aliphatic heterocycles. The van der Waals surface area contributed by atoms with E-state index in [1.54, 1.807) is 7.11 Å². The third kappa shape index (κ3) is 8.29. The second kappa shape index (κ2) is 15.5. The summed E-state index contributed by atoms with van der Waals surface area (Å²) in [6.45, 7) is 27.1. The van der Waals surface area contributed by atoms with Crippen LogP contribution in [0.25, 0.3) is 43.1 Å². The fraction of sp³-hybridized carbons (Fsp3) is 0.279. The van der Waals surface area contributed by atoms with Crippen molar-refractivity contribution in [2.75, 3.05) is 7.11 Å².